The lowest BCUT2D eigenvalue weighted by molar-refractivity contribution is -0.144. The molecular formula is C14H16FNO4. The normalized spacial score (nSPS) is 13.9. The van der Waals surface area contributed by atoms with Gasteiger partial charge >= 0.3 is 5.97 Å². The fourth-order valence-corrected chi connectivity index (χ4v) is 1.94. The zero-order chi connectivity index (χ0) is 14.7. The zero-order valence-electron chi connectivity index (χ0n) is 11.1. The highest BCUT2D eigenvalue weighted by atomic mass is 19.1. The summed E-state index contributed by atoms with van der Waals surface area (Å²) in [6, 6.07) is 3.18. The summed E-state index contributed by atoms with van der Waals surface area (Å²) in [4.78, 5) is 25.2. The minimum Gasteiger partial charge on any atom is -0.507 e. The monoisotopic (exact) mass is 281 g/mol. The Morgan fingerprint density at radius 1 is 1.45 bits per heavy atom. The fourth-order valence-electron chi connectivity index (χ4n) is 1.94. The highest BCUT2D eigenvalue weighted by molar-refractivity contribution is 5.98. The van der Waals surface area contributed by atoms with Crippen LogP contribution in [0.3, 0.4) is 0 Å². The Balaban J connectivity index is 2.16. The second-order valence-electron chi connectivity index (χ2n) is 4.63. The van der Waals surface area contributed by atoms with Gasteiger partial charge in [0.1, 0.15) is 18.1 Å². The Hall–Kier alpha value is -2.11. The molecule has 0 bridgehead atoms. The molecule has 0 aliphatic heterocycles. The second kappa shape index (κ2) is 5.90. The first-order valence-corrected chi connectivity index (χ1v) is 6.48. The van der Waals surface area contributed by atoms with E-state index in [4.69, 9.17) is 4.74 Å². The molecule has 0 heterocycles. The molecule has 0 radical (unpaired) electrons. The SMILES string of the molecule is CCOC(=O)CN(C(=O)c1ccc(F)cc1O)C1CC1. The number of esters is 1. The minimum absolute atomic E-state index is 0.0115. The van der Waals surface area contributed by atoms with Crippen LogP contribution in [0.4, 0.5) is 4.39 Å². The molecule has 0 spiro atoms. The topological polar surface area (TPSA) is 66.8 Å². The van der Waals surface area contributed by atoms with Crippen molar-refractivity contribution in [2.45, 2.75) is 25.8 Å². The van der Waals surface area contributed by atoms with Crippen LogP contribution in [0.5, 0.6) is 5.75 Å². The van der Waals surface area contributed by atoms with Crippen LogP contribution in [-0.4, -0.2) is 41.1 Å². The summed E-state index contributed by atoms with van der Waals surface area (Å²) in [5.41, 5.74) is -0.0115. The summed E-state index contributed by atoms with van der Waals surface area (Å²) in [6.07, 6.45) is 1.63. The first-order chi connectivity index (χ1) is 9.52. The van der Waals surface area contributed by atoms with Crippen LogP contribution in [0.25, 0.3) is 0 Å². The van der Waals surface area contributed by atoms with Gasteiger partial charge in [0.15, 0.2) is 0 Å². The summed E-state index contributed by atoms with van der Waals surface area (Å²) < 4.78 is 17.8. The molecule has 1 aromatic carbocycles. The number of ether oxygens (including phenoxy) is 1. The molecule has 20 heavy (non-hydrogen) atoms. The van der Waals surface area contributed by atoms with Crippen molar-refractivity contribution in [2.75, 3.05) is 13.2 Å². The summed E-state index contributed by atoms with van der Waals surface area (Å²) >= 11 is 0. The van der Waals surface area contributed by atoms with Crippen molar-refractivity contribution >= 4 is 11.9 Å². The molecule has 1 aromatic rings. The lowest BCUT2D eigenvalue weighted by Crippen LogP contribution is -2.38. The number of carbonyl (C=O) groups excluding carboxylic acids is 2. The van der Waals surface area contributed by atoms with Gasteiger partial charge in [0.05, 0.1) is 12.2 Å². The van der Waals surface area contributed by atoms with E-state index in [-0.39, 0.29) is 24.8 Å². The lowest BCUT2D eigenvalue weighted by Gasteiger charge is -2.21. The van der Waals surface area contributed by atoms with E-state index in [1.165, 1.54) is 11.0 Å². The van der Waals surface area contributed by atoms with Gasteiger partial charge in [-0.2, -0.15) is 0 Å². The van der Waals surface area contributed by atoms with E-state index in [2.05, 4.69) is 0 Å². The number of halogens is 1. The number of rotatable bonds is 5. The third kappa shape index (κ3) is 3.26. The number of aromatic hydroxyl groups is 1. The van der Waals surface area contributed by atoms with Crippen LogP contribution in [-0.2, 0) is 9.53 Å². The van der Waals surface area contributed by atoms with Crippen molar-refractivity contribution in [1.29, 1.82) is 0 Å². The molecular weight excluding hydrogens is 265 g/mol. The maximum Gasteiger partial charge on any atom is 0.325 e. The number of hydrogen-bond acceptors (Lipinski definition) is 4. The Morgan fingerprint density at radius 3 is 2.70 bits per heavy atom. The van der Waals surface area contributed by atoms with Crippen molar-refractivity contribution in [3.63, 3.8) is 0 Å². The number of phenols is 1. The number of amides is 1. The predicted octanol–water partition coefficient (Wildman–Crippen LogP) is 1.70. The number of phenolic OH excluding ortho intramolecular Hbond substituents is 1. The molecule has 1 fully saturated rings. The van der Waals surface area contributed by atoms with Gasteiger partial charge < -0.3 is 14.7 Å². The van der Waals surface area contributed by atoms with Crippen LogP contribution in [0.1, 0.15) is 30.1 Å². The molecule has 5 nitrogen and oxygen atoms in total. The first kappa shape index (κ1) is 14.3. The Kier molecular flexibility index (Phi) is 4.22. The summed E-state index contributed by atoms with van der Waals surface area (Å²) in [5.74, 6) is -2.03. The lowest BCUT2D eigenvalue weighted by atomic mass is 10.1. The Morgan fingerprint density at radius 2 is 2.15 bits per heavy atom. The number of benzene rings is 1. The van der Waals surface area contributed by atoms with Gasteiger partial charge in [0, 0.05) is 12.1 Å². The van der Waals surface area contributed by atoms with Gasteiger partial charge in [-0.1, -0.05) is 0 Å². The quantitative estimate of drug-likeness (QED) is 0.834. The van der Waals surface area contributed by atoms with E-state index in [1.54, 1.807) is 6.92 Å². The van der Waals surface area contributed by atoms with E-state index in [1.807, 2.05) is 0 Å². The number of hydrogen-bond donors (Lipinski definition) is 1. The Bertz CT molecular complexity index is 528. The summed E-state index contributed by atoms with van der Waals surface area (Å²) in [5, 5.41) is 9.65. The third-order valence-electron chi connectivity index (χ3n) is 3.04. The van der Waals surface area contributed by atoms with Gasteiger partial charge in [0.25, 0.3) is 5.91 Å². The van der Waals surface area contributed by atoms with Gasteiger partial charge in [0.2, 0.25) is 0 Å². The molecule has 1 saturated carbocycles. The molecule has 0 atom stereocenters. The van der Waals surface area contributed by atoms with E-state index in [9.17, 15) is 19.1 Å². The van der Waals surface area contributed by atoms with Crippen LogP contribution in [0, 0.1) is 5.82 Å². The molecule has 2 rings (SSSR count). The minimum atomic E-state index is -0.623. The standard InChI is InChI=1S/C14H16FNO4/c1-2-20-13(18)8-16(10-4-5-10)14(19)11-6-3-9(15)7-12(11)17/h3,6-7,10,17H,2,4-5,8H2,1H3. The smallest absolute Gasteiger partial charge is 0.325 e. The average Bonchev–Trinajstić information content (AvgIpc) is 3.20. The van der Waals surface area contributed by atoms with E-state index < -0.39 is 23.4 Å². The third-order valence-corrected chi connectivity index (χ3v) is 3.04. The van der Waals surface area contributed by atoms with Gasteiger partial charge in [-0.05, 0) is 31.9 Å². The average molecular weight is 281 g/mol. The van der Waals surface area contributed by atoms with Crippen molar-refractivity contribution in [1.82, 2.24) is 4.90 Å². The van der Waals surface area contributed by atoms with Crippen molar-refractivity contribution < 1.29 is 23.8 Å². The molecule has 108 valence electrons. The fraction of sp³-hybridized carbons (Fsp3) is 0.429. The maximum atomic E-state index is 12.9. The number of carbonyl (C=O) groups is 2. The molecule has 0 saturated heterocycles. The van der Waals surface area contributed by atoms with Crippen LogP contribution in [0.2, 0.25) is 0 Å². The molecule has 1 N–H and O–H groups in total. The van der Waals surface area contributed by atoms with Gasteiger partial charge in [-0.3, -0.25) is 9.59 Å². The molecule has 6 heteroatoms. The molecule has 1 aliphatic carbocycles. The molecule has 1 aliphatic rings. The highest BCUT2D eigenvalue weighted by Crippen LogP contribution is 2.30. The van der Waals surface area contributed by atoms with Gasteiger partial charge in [-0.15, -0.1) is 0 Å². The zero-order valence-corrected chi connectivity index (χ0v) is 11.1. The number of nitrogens with zero attached hydrogens (tertiary/aromatic N) is 1. The van der Waals surface area contributed by atoms with Crippen LogP contribution in [0.15, 0.2) is 18.2 Å². The van der Waals surface area contributed by atoms with E-state index >= 15 is 0 Å². The van der Waals surface area contributed by atoms with E-state index in [0.717, 1.165) is 25.0 Å². The maximum absolute atomic E-state index is 12.9. The van der Waals surface area contributed by atoms with Crippen LogP contribution < -0.4 is 0 Å². The van der Waals surface area contributed by atoms with E-state index in [0.29, 0.717) is 0 Å². The largest absolute Gasteiger partial charge is 0.507 e. The van der Waals surface area contributed by atoms with Gasteiger partial charge in [-0.25, -0.2) is 4.39 Å². The summed E-state index contributed by atoms with van der Waals surface area (Å²) in [6.45, 7) is 1.77. The first-order valence-electron chi connectivity index (χ1n) is 6.48. The van der Waals surface area contributed by atoms with Crippen molar-refractivity contribution in [3.8, 4) is 5.75 Å². The molecule has 0 unspecified atom stereocenters. The predicted molar refractivity (Wildman–Crippen MR) is 68.8 cm³/mol. The van der Waals surface area contributed by atoms with Crippen molar-refractivity contribution in [3.05, 3.63) is 29.6 Å². The van der Waals surface area contributed by atoms with Crippen molar-refractivity contribution in [2.24, 2.45) is 0 Å². The second-order valence-corrected chi connectivity index (χ2v) is 4.63. The van der Waals surface area contributed by atoms with Crippen LogP contribution >= 0.6 is 0 Å². The molecule has 0 aromatic heterocycles. The highest BCUT2D eigenvalue weighted by Gasteiger charge is 2.35. The Labute approximate surface area is 116 Å². The molecule has 1 amide bonds. The summed E-state index contributed by atoms with van der Waals surface area (Å²) in [7, 11) is 0.